The third-order valence-electron chi connectivity index (χ3n) is 12.1. The number of allylic oxidation sites excluding steroid dienone is 10. The van der Waals surface area contributed by atoms with Crippen LogP contribution in [0.4, 0.5) is 0 Å². The van der Waals surface area contributed by atoms with Gasteiger partial charge in [-0.15, -0.1) is 0 Å². The van der Waals surface area contributed by atoms with Crippen LogP contribution in [-0.4, -0.2) is 98.3 Å². The van der Waals surface area contributed by atoms with Crippen LogP contribution in [0.15, 0.2) is 60.8 Å². The molecule has 1 aliphatic rings. The van der Waals surface area contributed by atoms with Crippen molar-refractivity contribution in [1.29, 1.82) is 0 Å². The van der Waals surface area contributed by atoms with Gasteiger partial charge in [0.05, 0.1) is 6.61 Å². The molecule has 8 atom stereocenters. The van der Waals surface area contributed by atoms with Crippen molar-refractivity contribution < 1.29 is 63.1 Å². The predicted molar refractivity (Wildman–Crippen MR) is 272 cm³/mol. The van der Waals surface area contributed by atoms with Gasteiger partial charge in [-0.1, -0.05) is 209 Å². The molecule has 0 aromatic rings. The van der Waals surface area contributed by atoms with Gasteiger partial charge in [0.25, 0.3) is 0 Å². The highest BCUT2D eigenvalue weighted by atomic mass is 31.2. The number of aliphatic hydroxyl groups is 5. The third kappa shape index (κ3) is 34.8. The summed E-state index contributed by atoms with van der Waals surface area (Å²) in [6, 6.07) is 0. The van der Waals surface area contributed by atoms with Gasteiger partial charge in [0, 0.05) is 12.8 Å². The summed E-state index contributed by atoms with van der Waals surface area (Å²) in [7, 11) is -5.14. The van der Waals surface area contributed by atoms with Gasteiger partial charge in [-0.25, -0.2) is 4.57 Å². The molecule has 1 fully saturated rings. The Bertz CT molecular complexity index is 1420. The Morgan fingerprint density at radius 1 is 0.471 bits per heavy atom. The first-order chi connectivity index (χ1) is 32.9. The molecule has 0 bridgehead atoms. The van der Waals surface area contributed by atoms with Crippen LogP contribution in [0.1, 0.15) is 213 Å². The molecule has 0 amide bonds. The van der Waals surface area contributed by atoms with Crippen LogP contribution in [0.5, 0.6) is 0 Å². The maximum Gasteiger partial charge on any atom is 0.472 e. The average Bonchev–Trinajstić information content (AvgIpc) is 3.32. The molecule has 1 aliphatic carbocycles. The minimum Gasteiger partial charge on any atom is -0.462 e. The predicted octanol–water partition coefficient (Wildman–Crippen LogP) is 11.7. The average molecular weight is 983 g/mol. The quantitative estimate of drug-likeness (QED) is 0.0145. The van der Waals surface area contributed by atoms with Crippen molar-refractivity contribution in [2.45, 2.75) is 256 Å². The highest BCUT2D eigenvalue weighted by Gasteiger charge is 2.51. The van der Waals surface area contributed by atoms with E-state index in [1.807, 2.05) is 12.2 Å². The number of phosphoric ester groups is 1. The molecular formula is C54H95O13P. The highest BCUT2D eigenvalue weighted by Crippen LogP contribution is 2.47. The molecule has 0 spiro atoms. The monoisotopic (exact) mass is 983 g/mol. The fourth-order valence-electron chi connectivity index (χ4n) is 7.91. The Labute approximate surface area is 411 Å². The molecule has 1 saturated carbocycles. The summed E-state index contributed by atoms with van der Waals surface area (Å²) < 4.78 is 33.6. The first-order valence-electron chi connectivity index (χ1n) is 26.6. The maximum atomic E-state index is 12.9. The van der Waals surface area contributed by atoms with Crippen LogP contribution < -0.4 is 0 Å². The molecule has 1 rings (SSSR count). The molecule has 6 N–H and O–H groups in total. The Balaban J connectivity index is 2.39. The fourth-order valence-corrected chi connectivity index (χ4v) is 8.89. The van der Waals surface area contributed by atoms with Crippen LogP contribution in [0.3, 0.4) is 0 Å². The molecule has 0 radical (unpaired) electrons. The van der Waals surface area contributed by atoms with Crippen molar-refractivity contribution in [2.75, 3.05) is 13.2 Å². The Kier molecular flexibility index (Phi) is 40.5. The van der Waals surface area contributed by atoms with E-state index in [1.165, 1.54) is 116 Å². The van der Waals surface area contributed by atoms with E-state index >= 15 is 0 Å². The van der Waals surface area contributed by atoms with E-state index < -0.39 is 75.7 Å². The second-order valence-electron chi connectivity index (χ2n) is 18.4. The number of carbonyl (C=O) groups excluding carboxylic acids is 2. The molecule has 6 unspecified atom stereocenters. The Morgan fingerprint density at radius 3 is 1.26 bits per heavy atom. The van der Waals surface area contributed by atoms with Crippen LogP contribution in [-0.2, 0) is 32.7 Å². The van der Waals surface area contributed by atoms with Crippen molar-refractivity contribution in [3.8, 4) is 0 Å². The highest BCUT2D eigenvalue weighted by molar-refractivity contribution is 7.47. The molecule has 0 saturated heterocycles. The first-order valence-corrected chi connectivity index (χ1v) is 28.1. The molecule has 0 aromatic heterocycles. The lowest BCUT2D eigenvalue weighted by Gasteiger charge is -2.41. The van der Waals surface area contributed by atoms with E-state index in [0.29, 0.717) is 19.3 Å². The normalized spacial score (nSPS) is 21.5. The van der Waals surface area contributed by atoms with Crippen molar-refractivity contribution in [3.05, 3.63) is 60.8 Å². The van der Waals surface area contributed by atoms with E-state index in [2.05, 4.69) is 62.5 Å². The van der Waals surface area contributed by atoms with Crippen LogP contribution in [0.25, 0.3) is 0 Å². The van der Waals surface area contributed by atoms with Gasteiger partial charge in [0.1, 0.15) is 43.2 Å². The maximum absolute atomic E-state index is 12.9. The van der Waals surface area contributed by atoms with Crippen LogP contribution in [0, 0.1) is 0 Å². The lowest BCUT2D eigenvalue weighted by Crippen LogP contribution is -2.64. The summed E-state index contributed by atoms with van der Waals surface area (Å²) in [6.45, 7) is 3.17. The number of unbranched alkanes of at least 4 members (excludes halogenated alkanes) is 22. The van der Waals surface area contributed by atoms with E-state index in [1.54, 1.807) is 0 Å². The standard InChI is InChI=1S/C54H95O13P/c1-3-5-7-9-11-13-15-17-19-21-22-23-24-25-27-28-30-32-34-36-38-40-42-47(55)64-44-46(45-65-68(62,63)67-54-52(60)50(58)49(57)51(59)53(54)61)66-48(56)43-41-39-37-35-33-31-29-26-20-18-16-14-12-10-8-6-4-2/h6,8,12,14,18,20,29,31,35,37,46,49-54,57-61H,3-5,7,9-11,13,15-17,19,21-28,30,32-34,36,38-45H2,1-2H3,(H,62,63)/b8-6+,14-12+,20-18+,31-29+,37-35+/t46-,49?,50-,51?,52?,53?,54?/m0/s1. The minimum atomic E-state index is -5.14. The lowest BCUT2D eigenvalue weighted by molar-refractivity contribution is -0.220. The molecule has 0 heterocycles. The lowest BCUT2D eigenvalue weighted by atomic mass is 9.85. The van der Waals surface area contributed by atoms with E-state index in [9.17, 15) is 44.6 Å². The van der Waals surface area contributed by atoms with Gasteiger partial charge in [0.2, 0.25) is 0 Å². The van der Waals surface area contributed by atoms with Gasteiger partial charge in [0.15, 0.2) is 6.10 Å². The zero-order valence-corrected chi connectivity index (χ0v) is 43.0. The van der Waals surface area contributed by atoms with Crippen molar-refractivity contribution in [1.82, 2.24) is 0 Å². The molecular weight excluding hydrogens is 888 g/mol. The fraction of sp³-hybridized carbons (Fsp3) is 0.778. The SMILES string of the molecule is CC/C=C/C/C=C/C/C=C/C/C=C/C/C=C/CCCC(=O)O[C@@H](COC(=O)CCCCCCCCCCCCCCCCCCCCCCCC)COP(=O)(O)OC1C(O)C(O)C(O)[C@H](O)C1O. The van der Waals surface area contributed by atoms with Gasteiger partial charge in [-0.3, -0.25) is 18.6 Å². The smallest absolute Gasteiger partial charge is 0.462 e. The largest absolute Gasteiger partial charge is 0.472 e. The summed E-state index contributed by atoms with van der Waals surface area (Å²) in [5, 5.41) is 50.3. The van der Waals surface area contributed by atoms with Gasteiger partial charge in [-0.2, -0.15) is 0 Å². The van der Waals surface area contributed by atoms with E-state index in [0.717, 1.165) is 51.4 Å². The first kappa shape index (κ1) is 63.6. The summed E-state index contributed by atoms with van der Waals surface area (Å²) in [5.41, 5.74) is 0. The Morgan fingerprint density at radius 2 is 0.838 bits per heavy atom. The summed E-state index contributed by atoms with van der Waals surface area (Å²) in [5.74, 6) is -1.16. The molecule has 68 heavy (non-hydrogen) atoms. The van der Waals surface area contributed by atoms with Crippen molar-refractivity contribution in [3.63, 3.8) is 0 Å². The van der Waals surface area contributed by atoms with Crippen LogP contribution in [0.2, 0.25) is 0 Å². The second kappa shape index (κ2) is 43.3. The second-order valence-corrected chi connectivity index (χ2v) is 19.8. The number of phosphoric acid groups is 1. The zero-order chi connectivity index (χ0) is 49.9. The number of hydrogen-bond donors (Lipinski definition) is 6. The molecule has 394 valence electrons. The number of esters is 2. The topological polar surface area (TPSA) is 210 Å². The molecule has 0 aliphatic heterocycles. The van der Waals surface area contributed by atoms with E-state index in [-0.39, 0.29) is 12.8 Å². The van der Waals surface area contributed by atoms with Gasteiger partial charge in [-0.05, 0) is 51.4 Å². The van der Waals surface area contributed by atoms with Crippen molar-refractivity contribution >= 4 is 19.8 Å². The zero-order valence-electron chi connectivity index (χ0n) is 42.1. The summed E-state index contributed by atoms with van der Waals surface area (Å²) in [4.78, 5) is 35.8. The number of ether oxygens (including phenoxy) is 2. The number of hydrogen-bond acceptors (Lipinski definition) is 12. The van der Waals surface area contributed by atoms with Gasteiger partial charge >= 0.3 is 19.8 Å². The summed E-state index contributed by atoms with van der Waals surface area (Å²) in [6.07, 6.45) is 41.4. The summed E-state index contributed by atoms with van der Waals surface area (Å²) >= 11 is 0. The van der Waals surface area contributed by atoms with Crippen LogP contribution >= 0.6 is 7.82 Å². The molecule has 0 aromatic carbocycles. The van der Waals surface area contributed by atoms with Gasteiger partial charge < -0.3 is 39.9 Å². The number of carbonyl (C=O) groups is 2. The number of rotatable bonds is 44. The van der Waals surface area contributed by atoms with E-state index in [4.69, 9.17) is 18.5 Å². The minimum absolute atomic E-state index is 0.0179. The Hall–Kier alpha value is -2.45. The number of aliphatic hydroxyl groups excluding tert-OH is 5. The molecule has 13 nitrogen and oxygen atoms in total. The third-order valence-corrected chi connectivity index (χ3v) is 13.1. The molecule has 14 heteroatoms. The van der Waals surface area contributed by atoms with Crippen molar-refractivity contribution in [2.24, 2.45) is 0 Å².